The zero-order valence-corrected chi connectivity index (χ0v) is 7.38. The quantitative estimate of drug-likeness (QED) is 0.711. The molecule has 1 aromatic rings. The Morgan fingerprint density at radius 3 is 2.58 bits per heavy atom. The molecule has 1 aliphatic rings. The van der Waals surface area contributed by atoms with Crippen LogP contribution in [0.25, 0.3) is 0 Å². The summed E-state index contributed by atoms with van der Waals surface area (Å²) in [6.07, 6.45) is 2.32. The van der Waals surface area contributed by atoms with Crippen LogP contribution in [0.5, 0.6) is 0 Å². The Labute approximate surface area is 73.9 Å². The lowest BCUT2D eigenvalue weighted by atomic mass is 10.1. The van der Waals surface area contributed by atoms with E-state index in [1.165, 1.54) is 0 Å². The summed E-state index contributed by atoms with van der Waals surface area (Å²) in [5.74, 6) is 0.539. The van der Waals surface area contributed by atoms with Crippen LogP contribution in [-0.2, 0) is 11.1 Å². The smallest absolute Gasteiger partial charge is 0.186 e. The number of hydrogen-bond donors (Lipinski definition) is 1. The van der Waals surface area contributed by atoms with E-state index in [2.05, 4.69) is 0 Å². The third kappa shape index (κ3) is 1.42. The van der Waals surface area contributed by atoms with Crippen LogP contribution in [0, 0.1) is 0 Å². The van der Waals surface area contributed by atoms with Gasteiger partial charge >= 0.3 is 0 Å². The highest BCUT2D eigenvalue weighted by Crippen LogP contribution is 2.42. The molecule has 2 rings (SSSR count). The first-order chi connectivity index (χ1) is 5.79. The van der Waals surface area contributed by atoms with Crippen LogP contribution in [0.2, 0.25) is 0 Å². The van der Waals surface area contributed by atoms with Crippen molar-refractivity contribution in [2.24, 2.45) is 0 Å². The van der Waals surface area contributed by atoms with Gasteiger partial charge in [0.05, 0.1) is 4.90 Å². The first-order valence-corrected chi connectivity index (χ1v) is 5.09. The van der Waals surface area contributed by atoms with E-state index in [0.717, 1.165) is 18.4 Å². The summed E-state index contributed by atoms with van der Waals surface area (Å²) in [5.41, 5.74) is 1.05. The van der Waals surface area contributed by atoms with Crippen LogP contribution in [0.4, 0.5) is 0 Å². The normalized spacial score (nSPS) is 19.1. The van der Waals surface area contributed by atoms with Gasteiger partial charge in [-0.1, -0.05) is 18.2 Å². The van der Waals surface area contributed by atoms with Gasteiger partial charge in [-0.3, -0.25) is 0 Å². The topological polar surface area (TPSA) is 37.3 Å². The third-order valence-corrected chi connectivity index (χ3v) is 2.87. The molecule has 1 N–H and O–H groups in total. The van der Waals surface area contributed by atoms with Gasteiger partial charge in [-0.25, -0.2) is 4.21 Å². The van der Waals surface area contributed by atoms with E-state index in [-0.39, 0.29) is 0 Å². The molecule has 0 saturated heterocycles. The van der Waals surface area contributed by atoms with Crippen molar-refractivity contribution < 1.29 is 8.76 Å². The molecule has 2 nitrogen and oxygen atoms in total. The maximum Gasteiger partial charge on any atom is 0.186 e. The van der Waals surface area contributed by atoms with Gasteiger partial charge in [-0.2, -0.15) is 0 Å². The van der Waals surface area contributed by atoms with Gasteiger partial charge in [0.1, 0.15) is 0 Å². The van der Waals surface area contributed by atoms with Crippen molar-refractivity contribution in [1.82, 2.24) is 0 Å². The summed E-state index contributed by atoms with van der Waals surface area (Å²) in [6, 6.07) is 7.39. The van der Waals surface area contributed by atoms with Gasteiger partial charge in [0, 0.05) is 0 Å². The van der Waals surface area contributed by atoms with E-state index >= 15 is 0 Å². The molecule has 12 heavy (non-hydrogen) atoms. The second-order valence-electron chi connectivity index (χ2n) is 3.06. The van der Waals surface area contributed by atoms with Gasteiger partial charge < -0.3 is 4.55 Å². The van der Waals surface area contributed by atoms with Crippen LogP contribution in [-0.4, -0.2) is 8.76 Å². The predicted molar refractivity (Wildman–Crippen MR) is 47.5 cm³/mol. The highest BCUT2D eigenvalue weighted by atomic mass is 32.2. The average molecular weight is 182 g/mol. The Balaban J connectivity index is 2.43. The Morgan fingerprint density at radius 1 is 1.33 bits per heavy atom. The molecule has 1 atom stereocenters. The van der Waals surface area contributed by atoms with Gasteiger partial charge in [0.2, 0.25) is 0 Å². The van der Waals surface area contributed by atoms with Crippen molar-refractivity contribution in [3.63, 3.8) is 0 Å². The fourth-order valence-corrected chi connectivity index (χ4v) is 2.00. The molecule has 1 saturated carbocycles. The molecule has 0 aromatic heterocycles. The molecule has 1 aliphatic carbocycles. The third-order valence-electron chi connectivity index (χ3n) is 2.12. The highest BCUT2D eigenvalue weighted by Gasteiger charge is 2.26. The van der Waals surface area contributed by atoms with Gasteiger partial charge in [0.15, 0.2) is 11.1 Å². The first-order valence-electron chi connectivity index (χ1n) is 3.99. The summed E-state index contributed by atoms with van der Waals surface area (Å²) >= 11 is -1.82. The monoisotopic (exact) mass is 182 g/mol. The fraction of sp³-hybridized carbons (Fsp3) is 0.333. The molecule has 0 heterocycles. The van der Waals surface area contributed by atoms with Crippen LogP contribution in [0.15, 0.2) is 29.2 Å². The molecule has 1 unspecified atom stereocenters. The van der Waals surface area contributed by atoms with Gasteiger partial charge in [-0.15, -0.1) is 0 Å². The van der Waals surface area contributed by atoms with Crippen molar-refractivity contribution in [2.75, 3.05) is 0 Å². The lowest BCUT2D eigenvalue weighted by molar-refractivity contribution is 0.563. The van der Waals surface area contributed by atoms with E-state index in [9.17, 15) is 4.21 Å². The summed E-state index contributed by atoms with van der Waals surface area (Å²) in [7, 11) is 0. The first kappa shape index (κ1) is 7.95. The lowest BCUT2D eigenvalue weighted by Gasteiger charge is -2.02. The second-order valence-corrected chi connectivity index (χ2v) is 4.00. The van der Waals surface area contributed by atoms with Crippen molar-refractivity contribution in [2.45, 2.75) is 23.7 Å². The molecule has 1 fully saturated rings. The molecular weight excluding hydrogens is 172 g/mol. The van der Waals surface area contributed by atoms with Gasteiger partial charge in [-0.05, 0) is 30.4 Å². The summed E-state index contributed by atoms with van der Waals surface area (Å²) in [4.78, 5) is 0.583. The average Bonchev–Trinajstić information content (AvgIpc) is 2.87. The molecule has 0 spiro atoms. The molecule has 0 radical (unpaired) electrons. The largest absolute Gasteiger partial charge is 0.302 e. The predicted octanol–water partition coefficient (Wildman–Crippen LogP) is 2.14. The van der Waals surface area contributed by atoms with Crippen LogP contribution < -0.4 is 0 Å². The Kier molecular flexibility index (Phi) is 1.98. The van der Waals surface area contributed by atoms with Crippen molar-refractivity contribution in [3.05, 3.63) is 29.8 Å². The number of rotatable bonds is 2. The van der Waals surface area contributed by atoms with Gasteiger partial charge in [0.25, 0.3) is 0 Å². The summed E-state index contributed by atoms with van der Waals surface area (Å²) in [5, 5.41) is 0. The van der Waals surface area contributed by atoms with E-state index in [0.29, 0.717) is 10.8 Å². The lowest BCUT2D eigenvalue weighted by Crippen LogP contribution is -1.93. The zero-order chi connectivity index (χ0) is 8.55. The van der Waals surface area contributed by atoms with E-state index in [1.807, 2.05) is 12.1 Å². The molecule has 1 aromatic carbocycles. The Morgan fingerprint density at radius 2 is 2.00 bits per heavy atom. The molecule has 0 aliphatic heterocycles. The minimum atomic E-state index is -1.82. The minimum Gasteiger partial charge on any atom is -0.302 e. The number of benzene rings is 1. The van der Waals surface area contributed by atoms with Crippen LogP contribution in [0.3, 0.4) is 0 Å². The molecule has 3 heteroatoms. The SMILES string of the molecule is O=S(O)c1ccccc1C1CC1. The maximum atomic E-state index is 10.9. The number of hydrogen-bond acceptors (Lipinski definition) is 1. The molecule has 64 valence electrons. The Bertz CT molecular complexity index is 318. The summed E-state index contributed by atoms with van der Waals surface area (Å²) < 4.78 is 19.8. The van der Waals surface area contributed by atoms with E-state index < -0.39 is 11.1 Å². The minimum absolute atomic E-state index is 0.539. The van der Waals surface area contributed by atoms with E-state index in [1.54, 1.807) is 12.1 Å². The maximum absolute atomic E-state index is 10.9. The van der Waals surface area contributed by atoms with Crippen molar-refractivity contribution in [1.29, 1.82) is 0 Å². The fourth-order valence-electron chi connectivity index (χ4n) is 1.37. The standard InChI is InChI=1S/C9H10O2S/c10-12(11)9-4-2-1-3-8(9)7-5-6-7/h1-4,7H,5-6H2,(H,10,11). The Hall–Kier alpha value is -0.670. The van der Waals surface area contributed by atoms with Crippen LogP contribution in [0.1, 0.15) is 24.3 Å². The molecule has 0 bridgehead atoms. The molecule has 0 amide bonds. The van der Waals surface area contributed by atoms with E-state index in [4.69, 9.17) is 4.55 Å². The zero-order valence-electron chi connectivity index (χ0n) is 6.56. The van der Waals surface area contributed by atoms with Crippen molar-refractivity contribution >= 4 is 11.1 Å². The van der Waals surface area contributed by atoms with Crippen LogP contribution >= 0.6 is 0 Å². The second kappa shape index (κ2) is 2.99. The highest BCUT2D eigenvalue weighted by molar-refractivity contribution is 7.79. The summed E-state index contributed by atoms with van der Waals surface area (Å²) in [6.45, 7) is 0. The van der Waals surface area contributed by atoms with Crippen molar-refractivity contribution in [3.8, 4) is 0 Å². The molecular formula is C9H10O2S.